The molecule has 1 heterocycles. The van der Waals surface area contributed by atoms with Crippen molar-refractivity contribution in [2.45, 2.75) is 12.9 Å². The first-order valence-electron chi connectivity index (χ1n) is 8.30. The summed E-state index contributed by atoms with van der Waals surface area (Å²) in [5.74, 6) is -1.19. The average Bonchev–Trinajstić information content (AvgIpc) is 2.68. The molecule has 0 saturated carbocycles. The zero-order valence-corrected chi connectivity index (χ0v) is 14.7. The maximum Gasteiger partial charge on any atom is 0.573 e. The summed E-state index contributed by atoms with van der Waals surface area (Å²) in [4.78, 5) is 16.0. The van der Waals surface area contributed by atoms with Gasteiger partial charge in [-0.05, 0) is 54.1 Å². The highest BCUT2D eigenvalue weighted by Gasteiger charge is 2.31. The molecule has 29 heavy (non-hydrogen) atoms. The third-order valence-electron chi connectivity index (χ3n) is 3.66. The Kier molecular flexibility index (Phi) is 5.96. The van der Waals surface area contributed by atoms with Crippen LogP contribution in [0.4, 0.5) is 17.6 Å². The van der Waals surface area contributed by atoms with Gasteiger partial charge in [-0.15, -0.1) is 13.2 Å². The standard InChI is InChI=1S/C20H14F4N2O3/c21-17-10-13(3-8-18(17)28-16-2-1-9-25-12-16)11-26-19(27)14-4-6-15(7-5-14)29-20(22,23)24/h1-10,12H,11H2,(H,26,27). The molecule has 0 aliphatic rings. The van der Waals surface area contributed by atoms with Crippen LogP contribution >= 0.6 is 0 Å². The molecule has 3 rings (SSSR count). The Hall–Kier alpha value is -3.62. The molecule has 1 amide bonds. The zero-order chi connectivity index (χ0) is 20.9. The average molecular weight is 406 g/mol. The fourth-order valence-electron chi connectivity index (χ4n) is 2.36. The second-order valence-electron chi connectivity index (χ2n) is 5.81. The summed E-state index contributed by atoms with van der Waals surface area (Å²) < 4.78 is 59.8. The van der Waals surface area contributed by atoms with Crippen LogP contribution in [0.15, 0.2) is 67.0 Å². The number of amides is 1. The van der Waals surface area contributed by atoms with E-state index in [0.29, 0.717) is 11.3 Å². The summed E-state index contributed by atoms with van der Waals surface area (Å²) in [7, 11) is 0. The van der Waals surface area contributed by atoms with E-state index < -0.39 is 23.8 Å². The Bertz CT molecular complexity index is 977. The number of hydrogen-bond donors (Lipinski definition) is 1. The van der Waals surface area contributed by atoms with Crippen LogP contribution in [0.25, 0.3) is 0 Å². The molecule has 0 fully saturated rings. The Balaban J connectivity index is 1.58. The summed E-state index contributed by atoms with van der Waals surface area (Å²) in [5.41, 5.74) is 0.614. The SMILES string of the molecule is O=C(NCc1ccc(Oc2cccnc2)c(F)c1)c1ccc(OC(F)(F)F)cc1. The second-order valence-corrected chi connectivity index (χ2v) is 5.81. The van der Waals surface area contributed by atoms with E-state index in [0.717, 1.165) is 12.1 Å². The smallest absolute Gasteiger partial charge is 0.453 e. The molecule has 0 spiro atoms. The van der Waals surface area contributed by atoms with Gasteiger partial charge in [-0.1, -0.05) is 6.07 Å². The Morgan fingerprint density at radius 3 is 2.41 bits per heavy atom. The molecule has 0 unspecified atom stereocenters. The minimum atomic E-state index is -4.80. The van der Waals surface area contributed by atoms with Gasteiger partial charge in [0.1, 0.15) is 11.5 Å². The molecular weight excluding hydrogens is 392 g/mol. The lowest BCUT2D eigenvalue weighted by Crippen LogP contribution is -2.23. The van der Waals surface area contributed by atoms with Crippen molar-refractivity contribution < 1.29 is 31.8 Å². The summed E-state index contributed by atoms with van der Waals surface area (Å²) in [6, 6.07) is 12.0. The lowest BCUT2D eigenvalue weighted by molar-refractivity contribution is -0.274. The van der Waals surface area contributed by atoms with Crippen molar-refractivity contribution >= 4 is 5.91 Å². The Labute approximate surface area is 162 Å². The third kappa shape index (κ3) is 5.93. The molecule has 2 aromatic carbocycles. The lowest BCUT2D eigenvalue weighted by atomic mass is 10.1. The molecule has 0 aliphatic heterocycles. The van der Waals surface area contributed by atoms with Gasteiger partial charge in [0.15, 0.2) is 11.6 Å². The molecule has 9 heteroatoms. The van der Waals surface area contributed by atoms with Gasteiger partial charge in [0.05, 0.1) is 6.20 Å². The number of benzene rings is 2. The first kappa shape index (κ1) is 20.1. The predicted molar refractivity (Wildman–Crippen MR) is 95.0 cm³/mol. The number of aromatic nitrogens is 1. The molecule has 5 nitrogen and oxygen atoms in total. The van der Waals surface area contributed by atoms with E-state index in [1.807, 2.05) is 0 Å². The Morgan fingerprint density at radius 1 is 1.03 bits per heavy atom. The van der Waals surface area contributed by atoms with Gasteiger partial charge in [0.25, 0.3) is 5.91 Å². The highest BCUT2D eigenvalue weighted by Crippen LogP contribution is 2.25. The second kappa shape index (κ2) is 8.59. The number of ether oxygens (including phenoxy) is 2. The van der Waals surface area contributed by atoms with Gasteiger partial charge in [-0.2, -0.15) is 0 Å². The molecule has 0 radical (unpaired) electrons. The van der Waals surface area contributed by atoms with Crippen molar-refractivity contribution in [1.29, 1.82) is 0 Å². The highest BCUT2D eigenvalue weighted by atomic mass is 19.4. The van der Waals surface area contributed by atoms with Crippen LogP contribution in [0.3, 0.4) is 0 Å². The molecule has 0 saturated heterocycles. The van der Waals surface area contributed by atoms with Gasteiger partial charge in [-0.25, -0.2) is 4.39 Å². The third-order valence-corrected chi connectivity index (χ3v) is 3.66. The zero-order valence-electron chi connectivity index (χ0n) is 14.7. The van der Waals surface area contributed by atoms with E-state index in [4.69, 9.17) is 4.74 Å². The number of rotatable bonds is 6. The van der Waals surface area contributed by atoms with E-state index >= 15 is 0 Å². The first-order valence-corrected chi connectivity index (χ1v) is 8.30. The molecule has 1 N–H and O–H groups in total. The largest absolute Gasteiger partial charge is 0.573 e. The van der Waals surface area contributed by atoms with Crippen LogP contribution in [0.1, 0.15) is 15.9 Å². The predicted octanol–water partition coefficient (Wildman–Crippen LogP) is 4.84. The summed E-state index contributed by atoms with van der Waals surface area (Å²) in [6.45, 7) is 0.0176. The van der Waals surface area contributed by atoms with Crippen LogP contribution in [0, 0.1) is 5.82 Å². The lowest BCUT2D eigenvalue weighted by Gasteiger charge is -2.10. The number of carbonyl (C=O) groups excluding carboxylic acids is 1. The quantitative estimate of drug-likeness (QED) is 0.595. The van der Waals surface area contributed by atoms with Gasteiger partial charge in [0.2, 0.25) is 0 Å². The summed E-state index contributed by atoms with van der Waals surface area (Å²) in [6.07, 6.45) is -1.80. The number of nitrogens with one attached hydrogen (secondary N) is 1. The summed E-state index contributed by atoms with van der Waals surface area (Å²) >= 11 is 0. The minimum Gasteiger partial charge on any atom is -0.453 e. The topological polar surface area (TPSA) is 60.5 Å². The number of pyridine rings is 1. The van der Waals surface area contributed by atoms with E-state index in [9.17, 15) is 22.4 Å². The van der Waals surface area contributed by atoms with Gasteiger partial charge in [0, 0.05) is 18.3 Å². The van der Waals surface area contributed by atoms with Crippen LogP contribution in [-0.4, -0.2) is 17.3 Å². The van der Waals surface area contributed by atoms with E-state index in [-0.39, 0.29) is 17.9 Å². The maximum absolute atomic E-state index is 14.2. The summed E-state index contributed by atoms with van der Waals surface area (Å²) in [5, 5.41) is 2.56. The van der Waals surface area contributed by atoms with Gasteiger partial charge >= 0.3 is 6.36 Å². The van der Waals surface area contributed by atoms with Crippen LogP contribution in [-0.2, 0) is 6.54 Å². The van der Waals surface area contributed by atoms with Crippen molar-refractivity contribution in [2.75, 3.05) is 0 Å². The van der Waals surface area contributed by atoms with Crippen molar-refractivity contribution in [3.05, 3.63) is 83.9 Å². The highest BCUT2D eigenvalue weighted by molar-refractivity contribution is 5.94. The normalized spacial score (nSPS) is 11.0. The molecule has 0 aliphatic carbocycles. The minimum absolute atomic E-state index is 0.00771. The van der Waals surface area contributed by atoms with Crippen molar-refractivity contribution in [3.63, 3.8) is 0 Å². The molecule has 1 aromatic heterocycles. The van der Waals surface area contributed by atoms with E-state index in [1.54, 1.807) is 24.4 Å². The van der Waals surface area contributed by atoms with E-state index in [1.165, 1.54) is 30.5 Å². The van der Waals surface area contributed by atoms with Crippen LogP contribution in [0.2, 0.25) is 0 Å². The van der Waals surface area contributed by atoms with Crippen LogP contribution < -0.4 is 14.8 Å². The Morgan fingerprint density at radius 2 is 1.79 bits per heavy atom. The molecule has 0 bridgehead atoms. The number of hydrogen-bond acceptors (Lipinski definition) is 4. The van der Waals surface area contributed by atoms with Crippen molar-refractivity contribution in [3.8, 4) is 17.2 Å². The van der Waals surface area contributed by atoms with Gasteiger partial charge < -0.3 is 14.8 Å². The molecule has 150 valence electrons. The molecule has 3 aromatic rings. The molecule has 0 atom stereocenters. The number of halogens is 4. The van der Waals surface area contributed by atoms with Crippen molar-refractivity contribution in [1.82, 2.24) is 10.3 Å². The fourth-order valence-corrected chi connectivity index (χ4v) is 2.36. The number of carbonyl (C=O) groups is 1. The van der Waals surface area contributed by atoms with Gasteiger partial charge in [-0.3, -0.25) is 9.78 Å². The number of nitrogens with zero attached hydrogens (tertiary/aromatic N) is 1. The molecular formula is C20H14F4N2O3. The van der Waals surface area contributed by atoms with E-state index in [2.05, 4.69) is 15.0 Å². The van der Waals surface area contributed by atoms with Crippen molar-refractivity contribution in [2.24, 2.45) is 0 Å². The maximum atomic E-state index is 14.2. The first-order chi connectivity index (χ1) is 13.8. The van der Waals surface area contributed by atoms with Crippen LogP contribution in [0.5, 0.6) is 17.2 Å². The number of alkyl halides is 3. The fraction of sp³-hybridized carbons (Fsp3) is 0.100. The monoisotopic (exact) mass is 406 g/mol.